The van der Waals surface area contributed by atoms with Crippen LogP contribution in [0.3, 0.4) is 0 Å². The number of carbonyl (C=O) groups excluding carboxylic acids is 1. The SMILES string of the molecule is Cc1ccc2c(ccn2CC(=O)Nc2ccc(S(N)(=O)=O)cc2)c1. The lowest BCUT2D eigenvalue weighted by molar-refractivity contribution is -0.116. The number of aromatic nitrogens is 1. The fraction of sp³-hybridized carbons (Fsp3) is 0.118. The summed E-state index contributed by atoms with van der Waals surface area (Å²) < 4.78 is 24.3. The third-order valence-corrected chi connectivity index (χ3v) is 4.64. The zero-order chi connectivity index (χ0) is 17.3. The molecular weight excluding hydrogens is 326 g/mol. The number of anilines is 1. The monoisotopic (exact) mass is 343 g/mol. The van der Waals surface area contributed by atoms with E-state index in [1.54, 1.807) is 0 Å². The molecule has 6 nitrogen and oxygen atoms in total. The minimum Gasteiger partial charge on any atom is -0.338 e. The van der Waals surface area contributed by atoms with Crippen LogP contribution in [0.25, 0.3) is 10.9 Å². The van der Waals surface area contributed by atoms with E-state index in [-0.39, 0.29) is 17.3 Å². The van der Waals surface area contributed by atoms with E-state index in [4.69, 9.17) is 5.14 Å². The number of sulfonamides is 1. The fourth-order valence-corrected chi connectivity index (χ4v) is 3.06. The minimum absolute atomic E-state index is 0.00673. The third-order valence-electron chi connectivity index (χ3n) is 3.71. The van der Waals surface area contributed by atoms with Crippen LogP contribution in [0.15, 0.2) is 59.6 Å². The van der Waals surface area contributed by atoms with E-state index in [9.17, 15) is 13.2 Å². The van der Waals surface area contributed by atoms with Crippen LogP contribution in [-0.4, -0.2) is 18.9 Å². The summed E-state index contributed by atoms with van der Waals surface area (Å²) in [5, 5.41) is 8.87. The molecule has 0 aliphatic carbocycles. The lowest BCUT2D eigenvalue weighted by Gasteiger charge is -2.08. The van der Waals surface area contributed by atoms with E-state index in [0.29, 0.717) is 5.69 Å². The molecule has 3 N–H and O–H groups in total. The van der Waals surface area contributed by atoms with Crippen LogP contribution in [0, 0.1) is 6.92 Å². The first-order valence-corrected chi connectivity index (χ1v) is 8.86. The van der Waals surface area contributed by atoms with Crippen molar-refractivity contribution in [2.45, 2.75) is 18.4 Å². The lowest BCUT2D eigenvalue weighted by atomic mass is 10.2. The maximum absolute atomic E-state index is 12.2. The number of nitrogens with two attached hydrogens (primary N) is 1. The van der Waals surface area contributed by atoms with E-state index >= 15 is 0 Å². The third kappa shape index (κ3) is 3.47. The molecule has 0 aliphatic heterocycles. The maximum atomic E-state index is 12.2. The summed E-state index contributed by atoms with van der Waals surface area (Å²) in [5.41, 5.74) is 2.67. The van der Waals surface area contributed by atoms with Crippen molar-refractivity contribution in [2.24, 2.45) is 5.14 Å². The Balaban J connectivity index is 1.73. The zero-order valence-electron chi connectivity index (χ0n) is 13.1. The molecule has 1 amide bonds. The molecule has 0 saturated heterocycles. The van der Waals surface area contributed by atoms with Gasteiger partial charge >= 0.3 is 0 Å². The Morgan fingerprint density at radius 2 is 1.83 bits per heavy atom. The minimum atomic E-state index is -3.73. The van der Waals surface area contributed by atoms with Crippen molar-refractivity contribution >= 4 is 32.5 Å². The number of benzene rings is 2. The fourth-order valence-electron chi connectivity index (χ4n) is 2.54. The van der Waals surface area contributed by atoms with E-state index in [2.05, 4.69) is 11.4 Å². The number of nitrogens with one attached hydrogen (secondary N) is 1. The van der Waals surface area contributed by atoms with Crippen LogP contribution in [0.5, 0.6) is 0 Å². The van der Waals surface area contributed by atoms with Crippen molar-refractivity contribution in [3.8, 4) is 0 Å². The van der Waals surface area contributed by atoms with Gasteiger partial charge in [0.1, 0.15) is 6.54 Å². The maximum Gasteiger partial charge on any atom is 0.244 e. The van der Waals surface area contributed by atoms with Crippen LogP contribution in [0.4, 0.5) is 5.69 Å². The molecular formula is C17H17N3O3S. The molecule has 2 aromatic carbocycles. The first kappa shape index (κ1) is 16.2. The van der Waals surface area contributed by atoms with Gasteiger partial charge in [0.15, 0.2) is 0 Å². The molecule has 124 valence electrons. The van der Waals surface area contributed by atoms with E-state index < -0.39 is 10.0 Å². The van der Waals surface area contributed by atoms with Crippen LogP contribution in [0.2, 0.25) is 0 Å². The zero-order valence-corrected chi connectivity index (χ0v) is 13.9. The second-order valence-electron chi connectivity index (χ2n) is 5.62. The molecule has 0 unspecified atom stereocenters. The number of nitrogens with zero attached hydrogens (tertiary/aromatic N) is 1. The average molecular weight is 343 g/mol. The smallest absolute Gasteiger partial charge is 0.244 e. The molecule has 7 heteroatoms. The highest BCUT2D eigenvalue weighted by molar-refractivity contribution is 7.89. The van der Waals surface area contributed by atoms with Crippen molar-refractivity contribution < 1.29 is 13.2 Å². The summed E-state index contributed by atoms with van der Waals surface area (Å²) >= 11 is 0. The molecule has 1 aromatic heterocycles. The lowest BCUT2D eigenvalue weighted by Crippen LogP contribution is -2.18. The summed E-state index contributed by atoms with van der Waals surface area (Å²) in [6.07, 6.45) is 1.87. The van der Waals surface area contributed by atoms with Crippen molar-refractivity contribution in [1.29, 1.82) is 0 Å². The molecule has 3 aromatic rings. The Bertz CT molecular complexity index is 1010. The van der Waals surface area contributed by atoms with Gasteiger partial charge in [0.2, 0.25) is 15.9 Å². The first-order valence-electron chi connectivity index (χ1n) is 7.31. The molecule has 0 saturated carbocycles. The molecule has 0 fully saturated rings. The first-order chi connectivity index (χ1) is 11.3. The van der Waals surface area contributed by atoms with Crippen molar-refractivity contribution in [1.82, 2.24) is 4.57 Å². The van der Waals surface area contributed by atoms with E-state index in [1.807, 2.05) is 35.9 Å². The number of amides is 1. The Morgan fingerprint density at radius 1 is 1.12 bits per heavy atom. The highest BCUT2D eigenvalue weighted by Crippen LogP contribution is 2.18. The highest BCUT2D eigenvalue weighted by Gasteiger charge is 2.09. The molecule has 0 radical (unpaired) electrons. The van der Waals surface area contributed by atoms with Gasteiger partial charge in [-0.25, -0.2) is 13.6 Å². The molecule has 1 heterocycles. The second kappa shape index (κ2) is 6.10. The Kier molecular flexibility index (Phi) is 4.13. The molecule has 0 aliphatic rings. The van der Waals surface area contributed by atoms with Gasteiger partial charge in [-0.2, -0.15) is 0 Å². The number of aryl methyl sites for hydroxylation is 1. The summed E-state index contributed by atoms with van der Waals surface area (Å²) in [4.78, 5) is 12.2. The largest absolute Gasteiger partial charge is 0.338 e. The Morgan fingerprint density at radius 3 is 2.50 bits per heavy atom. The quantitative estimate of drug-likeness (QED) is 0.760. The van der Waals surface area contributed by atoms with Crippen molar-refractivity contribution in [3.63, 3.8) is 0 Å². The van der Waals surface area contributed by atoms with Gasteiger partial charge in [-0.1, -0.05) is 11.6 Å². The number of fused-ring (bicyclic) bond motifs is 1. The topological polar surface area (TPSA) is 94.2 Å². The number of rotatable bonds is 4. The highest BCUT2D eigenvalue weighted by atomic mass is 32.2. The molecule has 0 spiro atoms. The Labute approximate surface area is 139 Å². The summed E-state index contributed by atoms with van der Waals surface area (Å²) in [6, 6.07) is 13.8. The molecule has 0 atom stereocenters. The van der Waals surface area contributed by atoms with Gasteiger partial charge in [0.25, 0.3) is 0 Å². The molecule has 24 heavy (non-hydrogen) atoms. The second-order valence-corrected chi connectivity index (χ2v) is 7.18. The summed E-state index contributed by atoms with van der Waals surface area (Å²) in [6.45, 7) is 2.19. The number of hydrogen-bond acceptors (Lipinski definition) is 3. The van der Waals surface area contributed by atoms with Gasteiger partial charge in [-0.05, 0) is 54.8 Å². The van der Waals surface area contributed by atoms with Gasteiger partial charge in [0, 0.05) is 17.4 Å². The average Bonchev–Trinajstić information content (AvgIpc) is 2.89. The normalized spacial score (nSPS) is 11.6. The predicted molar refractivity (Wildman–Crippen MR) is 93.1 cm³/mol. The number of carbonyl (C=O) groups is 1. The number of hydrogen-bond donors (Lipinski definition) is 2. The number of primary sulfonamides is 1. The van der Waals surface area contributed by atoms with Gasteiger partial charge in [-0.3, -0.25) is 4.79 Å². The standard InChI is InChI=1S/C17H17N3O3S/c1-12-2-7-16-13(10-12)8-9-20(16)11-17(21)19-14-3-5-15(6-4-14)24(18,22)23/h2-10H,11H2,1H3,(H,19,21)(H2,18,22,23). The summed E-state index contributed by atoms with van der Waals surface area (Å²) in [7, 11) is -3.73. The van der Waals surface area contributed by atoms with Crippen molar-refractivity contribution in [2.75, 3.05) is 5.32 Å². The predicted octanol–water partition coefficient (Wildman–Crippen LogP) is 2.24. The van der Waals surface area contributed by atoms with Crippen LogP contribution >= 0.6 is 0 Å². The molecule has 3 rings (SSSR count). The van der Waals surface area contributed by atoms with Gasteiger partial charge in [-0.15, -0.1) is 0 Å². The summed E-state index contributed by atoms with van der Waals surface area (Å²) in [5.74, 6) is -0.198. The van der Waals surface area contributed by atoms with Crippen LogP contribution in [-0.2, 0) is 21.4 Å². The van der Waals surface area contributed by atoms with Crippen LogP contribution < -0.4 is 10.5 Å². The molecule has 0 bridgehead atoms. The Hall–Kier alpha value is -2.64. The van der Waals surface area contributed by atoms with Gasteiger partial charge < -0.3 is 9.88 Å². The van der Waals surface area contributed by atoms with E-state index in [0.717, 1.165) is 10.9 Å². The van der Waals surface area contributed by atoms with Crippen LogP contribution in [0.1, 0.15) is 5.56 Å². The van der Waals surface area contributed by atoms with Crippen molar-refractivity contribution in [3.05, 3.63) is 60.3 Å². The van der Waals surface area contributed by atoms with E-state index in [1.165, 1.54) is 29.8 Å². The van der Waals surface area contributed by atoms with Gasteiger partial charge in [0.05, 0.1) is 4.90 Å².